The number of nitrogens with zero attached hydrogens (tertiary/aromatic N) is 1. The first-order valence-electron chi connectivity index (χ1n) is 4.81. The fraction of sp³-hybridized carbons (Fsp3) is 0.364. The highest BCUT2D eigenvalue weighted by Crippen LogP contribution is 2.24. The SMILES string of the molecule is CN(C)CCSc1ccc(Cl)c(C(=O)O)c1. The molecule has 0 aliphatic heterocycles. The van der Waals surface area contributed by atoms with Gasteiger partial charge in [-0.25, -0.2) is 4.79 Å². The molecule has 5 heteroatoms. The number of hydrogen-bond donors (Lipinski definition) is 1. The molecule has 3 nitrogen and oxygen atoms in total. The van der Waals surface area contributed by atoms with Crippen molar-refractivity contribution in [1.29, 1.82) is 0 Å². The Balaban J connectivity index is 2.68. The van der Waals surface area contributed by atoms with Crippen molar-refractivity contribution in [3.8, 4) is 0 Å². The van der Waals surface area contributed by atoms with Crippen molar-refractivity contribution in [3.05, 3.63) is 28.8 Å². The zero-order valence-corrected chi connectivity index (χ0v) is 10.8. The van der Waals surface area contributed by atoms with E-state index in [0.717, 1.165) is 17.2 Å². The number of benzene rings is 1. The molecule has 1 rings (SSSR count). The van der Waals surface area contributed by atoms with Crippen LogP contribution in [-0.4, -0.2) is 42.4 Å². The Morgan fingerprint density at radius 1 is 1.50 bits per heavy atom. The van der Waals surface area contributed by atoms with Crippen molar-refractivity contribution < 1.29 is 9.90 Å². The van der Waals surface area contributed by atoms with Crippen molar-refractivity contribution in [3.63, 3.8) is 0 Å². The van der Waals surface area contributed by atoms with E-state index < -0.39 is 5.97 Å². The molecule has 0 fully saturated rings. The fourth-order valence-electron chi connectivity index (χ4n) is 1.10. The molecule has 0 heterocycles. The van der Waals surface area contributed by atoms with Gasteiger partial charge < -0.3 is 10.0 Å². The first-order valence-corrected chi connectivity index (χ1v) is 6.17. The summed E-state index contributed by atoms with van der Waals surface area (Å²) in [5.41, 5.74) is 0.163. The highest BCUT2D eigenvalue weighted by atomic mass is 35.5. The Hall–Kier alpha value is -0.710. The summed E-state index contributed by atoms with van der Waals surface area (Å²) in [6.07, 6.45) is 0. The summed E-state index contributed by atoms with van der Waals surface area (Å²) in [5, 5.41) is 9.18. The van der Waals surface area contributed by atoms with Gasteiger partial charge in [0.05, 0.1) is 10.6 Å². The predicted molar refractivity (Wildman–Crippen MR) is 67.7 cm³/mol. The van der Waals surface area contributed by atoms with E-state index in [0.29, 0.717) is 0 Å². The highest BCUT2D eigenvalue weighted by Gasteiger charge is 2.09. The number of carboxylic acids is 1. The van der Waals surface area contributed by atoms with Crippen LogP contribution in [0.4, 0.5) is 0 Å². The zero-order valence-electron chi connectivity index (χ0n) is 9.24. The van der Waals surface area contributed by atoms with E-state index in [4.69, 9.17) is 16.7 Å². The number of halogens is 1. The van der Waals surface area contributed by atoms with Crippen LogP contribution in [0.2, 0.25) is 5.02 Å². The summed E-state index contributed by atoms with van der Waals surface area (Å²) in [6.45, 7) is 0.954. The molecule has 88 valence electrons. The number of carbonyl (C=O) groups is 1. The summed E-state index contributed by atoms with van der Waals surface area (Å²) >= 11 is 7.40. The van der Waals surface area contributed by atoms with E-state index >= 15 is 0 Å². The second-order valence-corrected chi connectivity index (χ2v) is 5.17. The minimum absolute atomic E-state index is 0.163. The first kappa shape index (κ1) is 13.4. The molecule has 0 radical (unpaired) electrons. The van der Waals surface area contributed by atoms with Gasteiger partial charge in [-0.1, -0.05) is 11.6 Å². The molecule has 0 spiro atoms. The highest BCUT2D eigenvalue weighted by molar-refractivity contribution is 7.99. The topological polar surface area (TPSA) is 40.5 Å². The number of carboxylic acid groups (broad SMARTS) is 1. The summed E-state index contributed by atoms with van der Waals surface area (Å²) in [4.78, 5) is 13.9. The second-order valence-electron chi connectivity index (χ2n) is 3.60. The van der Waals surface area contributed by atoms with E-state index in [1.165, 1.54) is 0 Å². The third-order valence-electron chi connectivity index (χ3n) is 1.98. The second kappa shape index (κ2) is 6.13. The number of aromatic carboxylic acids is 1. The van der Waals surface area contributed by atoms with E-state index in [2.05, 4.69) is 4.90 Å². The molecular weight excluding hydrogens is 246 g/mol. The minimum Gasteiger partial charge on any atom is -0.478 e. The molecule has 0 bridgehead atoms. The van der Waals surface area contributed by atoms with Gasteiger partial charge in [-0.3, -0.25) is 0 Å². The van der Waals surface area contributed by atoms with Gasteiger partial charge in [-0.2, -0.15) is 0 Å². The normalized spacial score (nSPS) is 10.8. The lowest BCUT2D eigenvalue weighted by molar-refractivity contribution is 0.0697. The average molecular weight is 260 g/mol. The minimum atomic E-state index is -0.986. The van der Waals surface area contributed by atoms with Crippen LogP contribution < -0.4 is 0 Å². The van der Waals surface area contributed by atoms with Crippen LogP contribution in [0.1, 0.15) is 10.4 Å². The summed E-state index contributed by atoms with van der Waals surface area (Å²) < 4.78 is 0. The lowest BCUT2D eigenvalue weighted by Crippen LogP contribution is -2.14. The van der Waals surface area contributed by atoms with Gasteiger partial charge in [0.15, 0.2) is 0 Å². The standard InChI is InChI=1S/C11H14ClNO2S/c1-13(2)5-6-16-8-3-4-10(12)9(7-8)11(14)15/h3-4,7H,5-6H2,1-2H3,(H,14,15). The van der Waals surface area contributed by atoms with Gasteiger partial charge in [0.1, 0.15) is 0 Å². The Bertz CT molecular complexity index is 382. The molecule has 0 unspecified atom stereocenters. The van der Waals surface area contributed by atoms with Crippen molar-refractivity contribution >= 4 is 29.3 Å². The maximum absolute atomic E-state index is 10.9. The third kappa shape index (κ3) is 4.04. The van der Waals surface area contributed by atoms with E-state index in [-0.39, 0.29) is 10.6 Å². The van der Waals surface area contributed by atoms with Crippen LogP contribution in [0.15, 0.2) is 23.1 Å². The predicted octanol–water partition coefficient (Wildman–Crippen LogP) is 2.69. The largest absolute Gasteiger partial charge is 0.478 e. The first-order chi connectivity index (χ1) is 7.50. The van der Waals surface area contributed by atoms with Gasteiger partial charge in [0.2, 0.25) is 0 Å². The van der Waals surface area contributed by atoms with Gasteiger partial charge >= 0.3 is 5.97 Å². The molecule has 16 heavy (non-hydrogen) atoms. The molecular formula is C11H14ClNO2S. The molecule has 1 N–H and O–H groups in total. The Kier molecular flexibility index (Phi) is 5.12. The smallest absolute Gasteiger partial charge is 0.337 e. The number of hydrogen-bond acceptors (Lipinski definition) is 3. The van der Waals surface area contributed by atoms with Gasteiger partial charge in [0, 0.05) is 17.2 Å². The Labute approximate surface area is 104 Å². The van der Waals surface area contributed by atoms with Crippen LogP contribution in [0, 0.1) is 0 Å². The number of thioether (sulfide) groups is 1. The molecule has 1 aromatic rings. The molecule has 0 saturated carbocycles. The van der Waals surface area contributed by atoms with Gasteiger partial charge in [-0.05, 0) is 32.3 Å². The molecule has 0 amide bonds. The maximum Gasteiger partial charge on any atom is 0.337 e. The lowest BCUT2D eigenvalue weighted by Gasteiger charge is -2.09. The van der Waals surface area contributed by atoms with Crippen LogP contribution in [0.5, 0.6) is 0 Å². The molecule has 1 aromatic carbocycles. The number of rotatable bonds is 5. The van der Waals surface area contributed by atoms with Crippen molar-refractivity contribution in [2.75, 3.05) is 26.4 Å². The van der Waals surface area contributed by atoms with E-state index in [1.54, 1.807) is 23.9 Å². The van der Waals surface area contributed by atoms with Crippen LogP contribution in [0.25, 0.3) is 0 Å². The fourth-order valence-corrected chi connectivity index (χ4v) is 2.36. The maximum atomic E-state index is 10.9. The molecule has 0 aliphatic carbocycles. The summed E-state index contributed by atoms with van der Waals surface area (Å²) in [7, 11) is 4.01. The van der Waals surface area contributed by atoms with Crippen LogP contribution in [0.3, 0.4) is 0 Å². The van der Waals surface area contributed by atoms with E-state index in [1.807, 2.05) is 20.2 Å². The monoisotopic (exact) mass is 259 g/mol. The molecule has 0 aliphatic rings. The summed E-state index contributed by atoms with van der Waals surface area (Å²) in [5.74, 6) is -0.0618. The molecule has 0 atom stereocenters. The summed E-state index contributed by atoms with van der Waals surface area (Å²) in [6, 6.07) is 5.09. The molecule has 0 aromatic heterocycles. The van der Waals surface area contributed by atoms with Crippen molar-refractivity contribution in [2.45, 2.75) is 4.90 Å². The molecule has 0 saturated heterocycles. The third-order valence-corrected chi connectivity index (χ3v) is 3.28. The van der Waals surface area contributed by atoms with Crippen LogP contribution >= 0.6 is 23.4 Å². The van der Waals surface area contributed by atoms with E-state index in [9.17, 15) is 4.79 Å². The van der Waals surface area contributed by atoms with Crippen LogP contribution in [-0.2, 0) is 0 Å². The van der Waals surface area contributed by atoms with Gasteiger partial charge in [-0.15, -0.1) is 11.8 Å². The van der Waals surface area contributed by atoms with Crippen molar-refractivity contribution in [1.82, 2.24) is 4.90 Å². The lowest BCUT2D eigenvalue weighted by atomic mass is 10.2. The Morgan fingerprint density at radius 3 is 2.75 bits per heavy atom. The quantitative estimate of drug-likeness (QED) is 0.826. The van der Waals surface area contributed by atoms with Crippen molar-refractivity contribution in [2.24, 2.45) is 0 Å². The zero-order chi connectivity index (χ0) is 12.1. The average Bonchev–Trinajstić information content (AvgIpc) is 2.19. The van der Waals surface area contributed by atoms with Gasteiger partial charge in [0.25, 0.3) is 0 Å². The Morgan fingerprint density at radius 2 is 2.19 bits per heavy atom.